The van der Waals surface area contributed by atoms with Crippen LogP contribution in [0.15, 0.2) is 23.4 Å². The van der Waals surface area contributed by atoms with Crippen molar-refractivity contribution in [3.8, 4) is 0 Å². The molecule has 4 N–H and O–H groups in total. The molecule has 0 bridgehead atoms. The van der Waals surface area contributed by atoms with Crippen LogP contribution in [0, 0.1) is 5.92 Å². The van der Waals surface area contributed by atoms with Crippen LogP contribution in [-0.2, 0) is 4.79 Å². The number of carbonyl (C=O) groups is 1. The van der Waals surface area contributed by atoms with E-state index < -0.39 is 0 Å². The summed E-state index contributed by atoms with van der Waals surface area (Å²) in [6, 6.07) is 4.77. The number of halogens is 1. The van der Waals surface area contributed by atoms with Crippen LogP contribution in [0.1, 0.15) is 32.3 Å². The molecule has 0 saturated carbocycles. The Labute approximate surface area is 117 Å². The molecule has 0 fully saturated rings. The number of hydrogen-bond acceptors (Lipinski definition) is 3. The van der Waals surface area contributed by atoms with Gasteiger partial charge in [-0.3, -0.25) is 4.79 Å². The Morgan fingerprint density at radius 2 is 2.21 bits per heavy atom. The molecule has 0 spiro atoms. The minimum Gasteiger partial charge on any atom is -0.409 e. The van der Waals surface area contributed by atoms with Gasteiger partial charge in [0.2, 0.25) is 5.91 Å². The average molecular weight is 284 g/mol. The molecule has 0 unspecified atom stereocenters. The second-order valence-electron chi connectivity index (χ2n) is 4.66. The summed E-state index contributed by atoms with van der Waals surface area (Å²) < 4.78 is 0. The number of rotatable bonds is 5. The fourth-order valence-corrected chi connectivity index (χ4v) is 1.70. The van der Waals surface area contributed by atoms with Crippen LogP contribution < -0.4 is 11.1 Å². The van der Waals surface area contributed by atoms with Crippen LogP contribution in [-0.4, -0.2) is 17.0 Å². The molecule has 0 heterocycles. The van der Waals surface area contributed by atoms with Gasteiger partial charge in [-0.15, -0.1) is 0 Å². The Morgan fingerprint density at radius 1 is 1.53 bits per heavy atom. The van der Waals surface area contributed by atoms with Gasteiger partial charge < -0.3 is 16.3 Å². The van der Waals surface area contributed by atoms with Gasteiger partial charge in [0, 0.05) is 17.0 Å². The standard InChI is InChI=1S/C13H18ClN3O2/c1-8(2)3-6-12(18)16-11-7-9(14)4-5-10(11)13(15)17-19/h4-5,7-8,19H,3,6H2,1-2H3,(H2,15,17)(H,16,18). The van der Waals surface area contributed by atoms with E-state index in [1.807, 2.05) is 0 Å². The molecular formula is C13H18ClN3O2. The third-order valence-electron chi connectivity index (χ3n) is 2.59. The van der Waals surface area contributed by atoms with E-state index in [4.69, 9.17) is 22.5 Å². The number of nitrogens with two attached hydrogens (primary N) is 1. The Morgan fingerprint density at radius 3 is 2.79 bits per heavy atom. The summed E-state index contributed by atoms with van der Waals surface area (Å²) >= 11 is 5.88. The molecule has 19 heavy (non-hydrogen) atoms. The van der Waals surface area contributed by atoms with Crippen LogP contribution in [0.4, 0.5) is 5.69 Å². The largest absolute Gasteiger partial charge is 0.409 e. The van der Waals surface area contributed by atoms with Crippen molar-refractivity contribution in [1.82, 2.24) is 0 Å². The summed E-state index contributed by atoms with van der Waals surface area (Å²) in [6.07, 6.45) is 1.21. The van der Waals surface area contributed by atoms with Gasteiger partial charge in [0.25, 0.3) is 0 Å². The number of hydrogen-bond donors (Lipinski definition) is 3. The first-order valence-corrected chi connectivity index (χ1v) is 6.39. The van der Waals surface area contributed by atoms with Crippen molar-refractivity contribution in [3.63, 3.8) is 0 Å². The Balaban J connectivity index is 2.87. The third-order valence-corrected chi connectivity index (χ3v) is 2.82. The van der Waals surface area contributed by atoms with Crippen LogP contribution in [0.3, 0.4) is 0 Å². The highest BCUT2D eigenvalue weighted by Crippen LogP contribution is 2.21. The summed E-state index contributed by atoms with van der Waals surface area (Å²) in [7, 11) is 0. The second kappa shape index (κ2) is 6.99. The van der Waals surface area contributed by atoms with E-state index in [0.717, 1.165) is 6.42 Å². The molecule has 0 aliphatic heterocycles. The first-order chi connectivity index (χ1) is 8.93. The summed E-state index contributed by atoms with van der Waals surface area (Å²) in [4.78, 5) is 11.8. The van der Waals surface area contributed by atoms with Gasteiger partial charge in [-0.25, -0.2) is 0 Å². The molecular weight excluding hydrogens is 266 g/mol. The normalized spacial score (nSPS) is 11.7. The lowest BCUT2D eigenvalue weighted by Gasteiger charge is -2.11. The van der Waals surface area contributed by atoms with Crippen molar-refractivity contribution >= 4 is 29.0 Å². The summed E-state index contributed by atoms with van der Waals surface area (Å²) in [5.74, 6) is 0.257. The van der Waals surface area contributed by atoms with Crippen molar-refractivity contribution in [2.45, 2.75) is 26.7 Å². The van der Waals surface area contributed by atoms with Crippen molar-refractivity contribution < 1.29 is 10.0 Å². The molecule has 0 aromatic heterocycles. The maximum Gasteiger partial charge on any atom is 0.224 e. The Kier molecular flexibility index (Phi) is 5.63. The first-order valence-electron chi connectivity index (χ1n) is 6.01. The van der Waals surface area contributed by atoms with Crippen molar-refractivity contribution in [1.29, 1.82) is 0 Å². The number of anilines is 1. The molecule has 0 aliphatic rings. The van der Waals surface area contributed by atoms with E-state index in [1.165, 1.54) is 0 Å². The lowest BCUT2D eigenvalue weighted by atomic mass is 10.1. The highest BCUT2D eigenvalue weighted by Gasteiger charge is 2.11. The van der Waals surface area contributed by atoms with Gasteiger partial charge >= 0.3 is 0 Å². The van der Waals surface area contributed by atoms with E-state index in [9.17, 15) is 4.79 Å². The van der Waals surface area contributed by atoms with Gasteiger partial charge in [0.1, 0.15) is 0 Å². The van der Waals surface area contributed by atoms with Crippen LogP contribution in [0.5, 0.6) is 0 Å². The molecule has 0 radical (unpaired) electrons. The van der Waals surface area contributed by atoms with Crippen molar-refractivity contribution in [3.05, 3.63) is 28.8 Å². The molecule has 1 amide bonds. The lowest BCUT2D eigenvalue weighted by Crippen LogP contribution is -2.19. The highest BCUT2D eigenvalue weighted by atomic mass is 35.5. The van der Waals surface area contributed by atoms with Gasteiger partial charge in [-0.2, -0.15) is 0 Å². The molecule has 104 valence electrons. The third kappa shape index (κ3) is 4.79. The zero-order valence-electron chi connectivity index (χ0n) is 11.0. The number of amidine groups is 1. The second-order valence-corrected chi connectivity index (χ2v) is 5.09. The van der Waals surface area contributed by atoms with Gasteiger partial charge in [-0.05, 0) is 30.5 Å². The zero-order valence-corrected chi connectivity index (χ0v) is 11.7. The molecule has 0 atom stereocenters. The monoisotopic (exact) mass is 283 g/mol. The topological polar surface area (TPSA) is 87.7 Å². The number of carbonyl (C=O) groups excluding carboxylic acids is 1. The number of nitrogens with one attached hydrogen (secondary N) is 1. The quantitative estimate of drug-likeness (QED) is 0.336. The lowest BCUT2D eigenvalue weighted by molar-refractivity contribution is -0.116. The van der Waals surface area contributed by atoms with E-state index in [0.29, 0.717) is 28.6 Å². The molecule has 5 nitrogen and oxygen atoms in total. The molecule has 1 aromatic carbocycles. The fourth-order valence-electron chi connectivity index (χ4n) is 1.53. The number of oxime groups is 1. The first kappa shape index (κ1) is 15.3. The van der Waals surface area contributed by atoms with Crippen molar-refractivity contribution in [2.75, 3.05) is 5.32 Å². The van der Waals surface area contributed by atoms with Gasteiger partial charge in [0.05, 0.1) is 5.69 Å². The highest BCUT2D eigenvalue weighted by molar-refractivity contribution is 6.31. The maximum atomic E-state index is 11.8. The van der Waals surface area contributed by atoms with E-state index in [1.54, 1.807) is 18.2 Å². The predicted octanol–water partition coefficient (Wildman–Crippen LogP) is 2.81. The average Bonchev–Trinajstić information content (AvgIpc) is 2.35. The van der Waals surface area contributed by atoms with E-state index in [-0.39, 0.29) is 11.7 Å². The summed E-state index contributed by atoms with van der Waals surface area (Å²) in [5.41, 5.74) is 6.42. The fraction of sp³-hybridized carbons (Fsp3) is 0.385. The van der Waals surface area contributed by atoms with Crippen molar-refractivity contribution in [2.24, 2.45) is 16.8 Å². The van der Waals surface area contributed by atoms with E-state index >= 15 is 0 Å². The molecule has 0 aliphatic carbocycles. The van der Waals surface area contributed by atoms with Crippen LogP contribution in [0.2, 0.25) is 5.02 Å². The molecule has 1 aromatic rings. The summed E-state index contributed by atoms with van der Waals surface area (Å²) in [6.45, 7) is 4.10. The smallest absolute Gasteiger partial charge is 0.224 e. The zero-order chi connectivity index (χ0) is 14.4. The number of benzene rings is 1. The van der Waals surface area contributed by atoms with Crippen LogP contribution >= 0.6 is 11.6 Å². The SMILES string of the molecule is CC(C)CCC(=O)Nc1cc(Cl)ccc1C(N)=NO. The number of nitrogens with zero attached hydrogens (tertiary/aromatic N) is 1. The Bertz CT molecular complexity index is 487. The van der Waals surface area contributed by atoms with Crippen LogP contribution in [0.25, 0.3) is 0 Å². The van der Waals surface area contributed by atoms with Gasteiger partial charge in [-0.1, -0.05) is 30.6 Å². The predicted molar refractivity (Wildman–Crippen MR) is 76.7 cm³/mol. The minimum absolute atomic E-state index is 0.0733. The molecule has 1 rings (SSSR count). The number of amides is 1. The Hall–Kier alpha value is -1.75. The van der Waals surface area contributed by atoms with Gasteiger partial charge in [0.15, 0.2) is 5.84 Å². The summed E-state index contributed by atoms with van der Waals surface area (Å²) in [5, 5.41) is 14.8. The van der Waals surface area contributed by atoms with E-state index in [2.05, 4.69) is 24.3 Å². The minimum atomic E-state index is -0.122. The maximum absolute atomic E-state index is 11.8. The molecule has 0 saturated heterocycles. The molecule has 6 heteroatoms.